The molecule has 1 N–H and O–H groups in total. The molecule has 0 spiro atoms. The van der Waals surface area contributed by atoms with Crippen molar-refractivity contribution in [2.75, 3.05) is 0 Å². The lowest BCUT2D eigenvalue weighted by atomic mass is 10.1. The summed E-state index contributed by atoms with van der Waals surface area (Å²) in [6.07, 6.45) is 3.02. The molecule has 0 atom stereocenters. The van der Waals surface area contributed by atoms with Gasteiger partial charge in [0.1, 0.15) is 0 Å². The fraction of sp³-hybridized carbons (Fsp3) is 0.105. The number of aromatic amines is 1. The summed E-state index contributed by atoms with van der Waals surface area (Å²) in [6.45, 7) is 0. The van der Waals surface area contributed by atoms with Crippen LogP contribution in [0.25, 0.3) is 22.2 Å². The number of fused-ring (bicyclic) bond motifs is 1. The van der Waals surface area contributed by atoms with E-state index in [1.165, 1.54) is 22.0 Å². The van der Waals surface area contributed by atoms with Crippen LogP contribution >= 0.6 is 0 Å². The molecule has 2 aromatic carbocycles. The van der Waals surface area contributed by atoms with Crippen LogP contribution in [0.5, 0.6) is 0 Å². The molecule has 3 nitrogen and oxygen atoms in total. The van der Waals surface area contributed by atoms with E-state index in [4.69, 9.17) is 0 Å². The second kappa shape index (κ2) is 5.19. The number of para-hydroxylation sites is 1. The molecule has 0 unspecified atom stereocenters. The summed E-state index contributed by atoms with van der Waals surface area (Å²) in [5, 5.41) is 8.91. The average molecular weight is 287 g/mol. The van der Waals surface area contributed by atoms with Crippen molar-refractivity contribution in [1.29, 1.82) is 0 Å². The maximum atomic E-state index is 4.51. The van der Waals surface area contributed by atoms with E-state index in [1.54, 1.807) is 0 Å². The van der Waals surface area contributed by atoms with Crippen LogP contribution < -0.4 is 0 Å². The second-order valence-electron chi connectivity index (χ2n) is 5.61. The van der Waals surface area contributed by atoms with Crippen molar-refractivity contribution >= 4 is 10.9 Å². The first-order valence-corrected chi connectivity index (χ1v) is 7.44. The topological polar surface area (TPSA) is 33.6 Å². The quantitative estimate of drug-likeness (QED) is 0.603. The molecule has 2 heterocycles. The van der Waals surface area contributed by atoms with Gasteiger partial charge in [-0.15, -0.1) is 0 Å². The molecule has 4 rings (SSSR count). The Labute approximate surface area is 129 Å². The highest BCUT2D eigenvalue weighted by Crippen LogP contribution is 2.29. The van der Waals surface area contributed by atoms with Crippen molar-refractivity contribution < 1.29 is 0 Å². The summed E-state index contributed by atoms with van der Waals surface area (Å²) in [7, 11) is 2.07. The minimum Gasteiger partial charge on any atom is -0.350 e. The van der Waals surface area contributed by atoms with E-state index in [9.17, 15) is 0 Å². The van der Waals surface area contributed by atoms with Gasteiger partial charge in [-0.25, -0.2) is 0 Å². The maximum Gasteiger partial charge on any atom is 0.0945 e. The normalized spacial score (nSPS) is 11.1. The third-order valence-corrected chi connectivity index (χ3v) is 4.04. The predicted molar refractivity (Wildman–Crippen MR) is 89.7 cm³/mol. The van der Waals surface area contributed by atoms with E-state index in [0.29, 0.717) is 0 Å². The van der Waals surface area contributed by atoms with Gasteiger partial charge < -0.3 is 4.57 Å². The monoisotopic (exact) mass is 287 g/mol. The van der Waals surface area contributed by atoms with Crippen molar-refractivity contribution in [3.8, 4) is 11.3 Å². The first-order chi connectivity index (χ1) is 10.8. The molecule has 0 aliphatic rings. The molecule has 0 aliphatic carbocycles. The van der Waals surface area contributed by atoms with E-state index >= 15 is 0 Å². The van der Waals surface area contributed by atoms with Crippen LogP contribution in [0.3, 0.4) is 0 Å². The summed E-state index contributed by atoms with van der Waals surface area (Å²) in [4.78, 5) is 0. The first-order valence-electron chi connectivity index (χ1n) is 7.44. The van der Waals surface area contributed by atoms with E-state index in [1.807, 2.05) is 6.07 Å². The minimum absolute atomic E-state index is 0.874. The zero-order chi connectivity index (χ0) is 14.9. The van der Waals surface area contributed by atoms with Crippen LogP contribution in [0.15, 0.2) is 66.9 Å². The predicted octanol–water partition coefficient (Wildman–Crippen LogP) is 4.16. The number of aromatic nitrogens is 3. The molecule has 22 heavy (non-hydrogen) atoms. The Morgan fingerprint density at radius 1 is 1.00 bits per heavy atom. The smallest absolute Gasteiger partial charge is 0.0945 e. The third kappa shape index (κ3) is 2.21. The van der Waals surface area contributed by atoms with Gasteiger partial charge in [-0.2, -0.15) is 5.10 Å². The number of nitrogens with one attached hydrogen (secondary N) is 1. The summed E-state index contributed by atoms with van der Waals surface area (Å²) >= 11 is 0. The molecule has 2 aromatic heterocycles. The lowest BCUT2D eigenvalue weighted by molar-refractivity contribution is 0.967. The lowest BCUT2D eigenvalue weighted by Gasteiger charge is -1.96. The number of rotatable bonds is 3. The number of hydrogen-bond acceptors (Lipinski definition) is 1. The average Bonchev–Trinajstić information content (AvgIpc) is 3.14. The van der Waals surface area contributed by atoms with Gasteiger partial charge in [-0.05, 0) is 17.7 Å². The van der Waals surface area contributed by atoms with E-state index in [0.717, 1.165) is 17.8 Å². The molecule has 3 heteroatoms. The SMILES string of the molecule is Cn1cc(-c2cc(Cc3ccccc3)[nH]n2)c2ccccc21. The van der Waals surface area contributed by atoms with Crippen molar-refractivity contribution in [3.05, 3.63) is 78.1 Å². The molecule has 0 amide bonds. The van der Waals surface area contributed by atoms with Crippen molar-refractivity contribution in [3.63, 3.8) is 0 Å². The van der Waals surface area contributed by atoms with Crippen LogP contribution in [-0.2, 0) is 13.5 Å². The van der Waals surface area contributed by atoms with Crippen LogP contribution in [0, 0.1) is 0 Å². The summed E-state index contributed by atoms with van der Waals surface area (Å²) in [5.74, 6) is 0. The molecule has 108 valence electrons. The summed E-state index contributed by atoms with van der Waals surface area (Å²) in [6, 6.07) is 21.0. The molecular weight excluding hydrogens is 270 g/mol. The third-order valence-electron chi connectivity index (χ3n) is 4.04. The van der Waals surface area contributed by atoms with Gasteiger partial charge in [-0.1, -0.05) is 48.5 Å². The zero-order valence-electron chi connectivity index (χ0n) is 12.5. The fourth-order valence-corrected chi connectivity index (χ4v) is 2.95. The second-order valence-corrected chi connectivity index (χ2v) is 5.61. The molecule has 0 saturated heterocycles. The van der Waals surface area contributed by atoms with Gasteiger partial charge in [0.2, 0.25) is 0 Å². The highest BCUT2D eigenvalue weighted by Gasteiger charge is 2.11. The van der Waals surface area contributed by atoms with Crippen LogP contribution in [-0.4, -0.2) is 14.8 Å². The number of H-pyrrole nitrogens is 1. The number of hydrogen-bond donors (Lipinski definition) is 1. The van der Waals surface area contributed by atoms with Gasteiger partial charge in [0, 0.05) is 41.8 Å². The largest absolute Gasteiger partial charge is 0.350 e. The van der Waals surface area contributed by atoms with Gasteiger partial charge >= 0.3 is 0 Å². The van der Waals surface area contributed by atoms with Crippen molar-refractivity contribution in [2.45, 2.75) is 6.42 Å². The molecule has 0 radical (unpaired) electrons. The van der Waals surface area contributed by atoms with Gasteiger partial charge in [0.25, 0.3) is 0 Å². The standard InChI is InChI=1S/C19H17N3/c1-22-13-17(16-9-5-6-10-19(16)22)18-12-15(20-21-18)11-14-7-3-2-4-8-14/h2-10,12-13H,11H2,1H3,(H,20,21). The fourth-order valence-electron chi connectivity index (χ4n) is 2.95. The van der Waals surface area contributed by atoms with Crippen molar-refractivity contribution in [1.82, 2.24) is 14.8 Å². The van der Waals surface area contributed by atoms with Crippen LogP contribution in [0.4, 0.5) is 0 Å². The summed E-state index contributed by atoms with van der Waals surface area (Å²) in [5.41, 5.74) is 5.83. The molecule has 0 fully saturated rings. The number of nitrogens with zero attached hydrogens (tertiary/aromatic N) is 2. The Bertz CT molecular complexity index is 916. The highest BCUT2D eigenvalue weighted by atomic mass is 15.1. The van der Waals surface area contributed by atoms with Crippen LogP contribution in [0.2, 0.25) is 0 Å². The Kier molecular flexibility index (Phi) is 3.04. The highest BCUT2D eigenvalue weighted by molar-refractivity contribution is 5.95. The first kappa shape index (κ1) is 12.9. The molecule has 0 saturated carbocycles. The lowest BCUT2D eigenvalue weighted by Crippen LogP contribution is -1.87. The van der Waals surface area contributed by atoms with Gasteiger partial charge in [0.15, 0.2) is 0 Å². The molecule has 4 aromatic rings. The van der Waals surface area contributed by atoms with Crippen molar-refractivity contribution in [2.24, 2.45) is 7.05 Å². The Morgan fingerprint density at radius 3 is 2.64 bits per heavy atom. The van der Waals surface area contributed by atoms with Crippen LogP contribution in [0.1, 0.15) is 11.3 Å². The molecule has 0 aliphatic heterocycles. The Balaban J connectivity index is 1.71. The Morgan fingerprint density at radius 2 is 1.77 bits per heavy atom. The van der Waals surface area contributed by atoms with E-state index < -0.39 is 0 Å². The minimum atomic E-state index is 0.874. The van der Waals surface area contributed by atoms with E-state index in [-0.39, 0.29) is 0 Å². The molecule has 0 bridgehead atoms. The summed E-state index contributed by atoms with van der Waals surface area (Å²) < 4.78 is 2.15. The number of benzene rings is 2. The van der Waals surface area contributed by atoms with Gasteiger partial charge in [0.05, 0.1) is 5.69 Å². The number of aryl methyl sites for hydroxylation is 1. The molecular formula is C19H17N3. The maximum absolute atomic E-state index is 4.51. The zero-order valence-corrected chi connectivity index (χ0v) is 12.5. The van der Waals surface area contributed by atoms with E-state index in [2.05, 4.69) is 82.6 Å². The Hall–Kier alpha value is -2.81. The van der Waals surface area contributed by atoms with Gasteiger partial charge in [-0.3, -0.25) is 5.10 Å².